The molecule has 0 fully saturated rings. The van der Waals surface area contributed by atoms with E-state index in [2.05, 4.69) is 15.5 Å². The molecule has 1 aromatic heterocycles. The summed E-state index contributed by atoms with van der Waals surface area (Å²) in [4.78, 5) is 16.0. The summed E-state index contributed by atoms with van der Waals surface area (Å²) >= 11 is 13.5. The standard InChI is InChI=1S/C14H13Cl2N3OS/c1-8-7-21-14(17-8)6-13(20)19-18-9(2)11-5-10(15)3-4-12(11)16/h3-5,7H,6H2,1-2H3,(H,19,20)/b18-9-. The monoisotopic (exact) mass is 341 g/mol. The Labute approximate surface area is 136 Å². The van der Waals surface area contributed by atoms with Crippen molar-refractivity contribution in [1.29, 1.82) is 0 Å². The fourth-order valence-electron chi connectivity index (χ4n) is 1.64. The minimum atomic E-state index is -0.221. The first kappa shape index (κ1) is 15.9. The molecule has 110 valence electrons. The zero-order valence-corrected chi connectivity index (χ0v) is 13.8. The van der Waals surface area contributed by atoms with Crippen molar-refractivity contribution in [3.05, 3.63) is 49.9 Å². The average molecular weight is 342 g/mol. The summed E-state index contributed by atoms with van der Waals surface area (Å²) in [6, 6.07) is 5.10. The molecule has 0 radical (unpaired) electrons. The molecule has 1 amide bonds. The van der Waals surface area contributed by atoms with E-state index in [1.807, 2.05) is 12.3 Å². The number of carbonyl (C=O) groups is 1. The summed E-state index contributed by atoms with van der Waals surface area (Å²) < 4.78 is 0. The summed E-state index contributed by atoms with van der Waals surface area (Å²) in [6.07, 6.45) is 0.207. The van der Waals surface area contributed by atoms with E-state index in [0.29, 0.717) is 21.3 Å². The van der Waals surface area contributed by atoms with Crippen LogP contribution in [-0.4, -0.2) is 16.6 Å². The van der Waals surface area contributed by atoms with Gasteiger partial charge >= 0.3 is 0 Å². The molecule has 0 aliphatic heterocycles. The summed E-state index contributed by atoms with van der Waals surface area (Å²) in [5.41, 5.74) is 4.69. The van der Waals surface area contributed by atoms with Crippen molar-refractivity contribution < 1.29 is 4.79 Å². The Hall–Kier alpha value is -1.43. The molecule has 1 aromatic carbocycles. The summed E-state index contributed by atoms with van der Waals surface area (Å²) in [5, 5.41) is 7.81. The molecule has 1 N–H and O–H groups in total. The Kier molecular flexibility index (Phi) is 5.33. The summed E-state index contributed by atoms with van der Waals surface area (Å²) in [6.45, 7) is 3.65. The van der Waals surface area contributed by atoms with Crippen molar-refractivity contribution in [3.8, 4) is 0 Å². The largest absolute Gasteiger partial charge is 0.273 e. The number of hydrogen-bond donors (Lipinski definition) is 1. The van der Waals surface area contributed by atoms with Gasteiger partial charge in [0.25, 0.3) is 0 Å². The maximum atomic E-state index is 11.8. The minimum absolute atomic E-state index is 0.207. The van der Waals surface area contributed by atoms with Gasteiger partial charge in [-0.05, 0) is 32.0 Å². The highest BCUT2D eigenvalue weighted by molar-refractivity contribution is 7.09. The maximum Gasteiger partial charge on any atom is 0.246 e. The van der Waals surface area contributed by atoms with Crippen molar-refractivity contribution in [2.45, 2.75) is 20.3 Å². The molecule has 0 spiro atoms. The quantitative estimate of drug-likeness (QED) is 0.678. The van der Waals surface area contributed by atoms with Crippen LogP contribution in [0.3, 0.4) is 0 Å². The molecule has 0 atom stereocenters. The van der Waals surface area contributed by atoms with Crippen LogP contribution in [0.5, 0.6) is 0 Å². The highest BCUT2D eigenvalue weighted by atomic mass is 35.5. The average Bonchev–Trinajstić information content (AvgIpc) is 2.84. The lowest BCUT2D eigenvalue weighted by atomic mass is 10.1. The highest BCUT2D eigenvalue weighted by Crippen LogP contribution is 2.21. The molecule has 0 aliphatic carbocycles. The first-order valence-corrected chi connectivity index (χ1v) is 7.79. The lowest BCUT2D eigenvalue weighted by Crippen LogP contribution is -2.21. The molecule has 0 aliphatic rings. The van der Waals surface area contributed by atoms with Crippen LogP contribution in [0.2, 0.25) is 10.0 Å². The van der Waals surface area contributed by atoms with Crippen LogP contribution in [0.15, 0.2) is 28.7 Å². The lowest BCUT2D eigenvalue weighted by molar-refractivity contribution is -0.120. The fourth-order valence-corrected chi connectivity index (χ4v) is 2.84. The van der Waals surface area contributed by atoms with E-state index in [-0.39, 0.29) is 12.3 Å². The fraction of sp³-hybridized carbons (Fsp3) is 0.214. The molecular formula is C14H13Cl2N3OS. The number of benzene rings is 1. The van der Waals surface area contributed by atoms with E-state index in [9.17, 15) is 4.79 Å². The molecule has 2 aromatic rings. The van der Waals surface area contributed by atoms with Crippen molar-refractivity contribution in [3.63, 3.8) is 0 Å². The zero-order valence-electron chi connectivity index (χ0n) is 11.5. The Balaban J connectivity index is 2.02. The number of thiazole rings is 1. The predicted molar refractivity (Wildman–Crippen MR) is 87.4 cm³/mol. The molecule has 2 rings (SSSR count). The first-order valence-electron chi connectivity index (χ1n) is 6.15. The third-order valence-electron chi connectivity index (χ3n) is 2.64. The van der Waals surface area contributed by atoms with E-state index in [1.54, 1.807) is 25.1 Å². The van der Waals surface area contributed by atoms with Gasteiger partial charge in [0.1, 0.15) is 5.01 Å². The second kappa shape index (κ2) is 7.02. The van der Waals surface area contributed by atoms with Gasteiger partial charge in [-0.2, -0.15) is 5.10 Å². The number of aryl methyl sites for hydroxylation is 1. The van der Waals surface area contributed by atoms with E-state index in [4.69, 9.17) is 23.2 Å². The normalized spacial score (nSPS) is 11.5. The smallest absolute Gasteiger partial charge is 0.246 e. The molecule has 7 heteroatoms. The maximum absolute atomic E-state index is 11.8. The number of halogens is 2. The Morgan fingerprint density at radius 2 is 2.19 bits per heavy atom. The van der Waals surface area contributed by atoms with E-state index >= 15 is 0 Å². The van der Waals surface area contributed by atoms with Gasteiger partial charge < -0.3 is 0 Å². The van der Waals surface area contributed by atoms with Crippen LogP contribution in [-0.2, 0) is 11.2 Å². The number of aromatic nitrogens is 1. The van der Waals surface area contributed by atoms with Crippen LogP contribution < -0.4 is 5.43 Å². The third kappa shape index (κ3) is 4.52. The topological polar surface area (TPSA) is 54.4 Å². The molecule has 0 saturated heterocycles. The van der Waals surface area contributed by atoms with Gasteiger partial charge in [0, 0.05) is 26.7 Å². The zero-order chi connectivity index (χ0) is 15.4. The van der Waals surface area contributed by atoms with Gasteiger partial charge in [-0.25, -0.2) is 10.4 Å². The van der Waals surface area contributed by atoms with Gasteiger partial charge in [0.05, 0.1) is 12.1 Å². The van der Waals surface area contributed by atoms with E-state index in [0.717, 1.165) is 10.7 Å². The number of nitrogens with zero attached hydrogens (tertiary/aromatic N) is 2. The van der Waals surface area contributed by atoms with Gasteiger partial charge in [-0.3, -0.25) is 4.79 Å². The molecule has 21 heavy (non-hydrogen) atoms. The molecule has 0 bridgehead atoms. The van der Waals surface area contributed by atoms with Crippen LogP contribution in [0, 0.1) is 6.92 Å². The van der Waals surface area contributed by atoms with Crippen LogP contribution in [0.1, 0.15) is 23.2 Å². The van der Waals surface area contributed by atoms with Crippen molar-refractivity contribution >= 4 is 46.2 Å². The number of carbonyl (C=O) groups excluding carboxylic acids is 1. The minimum Gasteiger partial charge on any atom is -0.273 e. The van der Waals surface area contributed by atoms with Gasteiger partial charge in [0.15, 0.2) is 0 Å². The van der Waals surface area contributed by atoms with Crippen LogP contribution >= 0.6 is 34.5 Å². The second-order valence-corrected chi connectivity index (χ2v) is 6.20. The van der Waals surface area contributed by atoms with E-state index < -0.39 is 0 Å². The lowest BCUT2D eigenvalue weighted by Gasteiger charge is -2.05. The number of rotatable bonds is 4. The van der Waals surface area contributed by atoms with Crippen molar-refractivity contribution in [2.24, 2.45) is 5.10 Å². The predicted octanol–water partition coefficient (Wildman–Crippen LogP) is 3.84. The summed E-state index contributed by atoms with van der Waals surface area (Å²) in [7, 11) is 0. The van der Waals surface area contributed by atoms with Gasteiger partial charge in [0.2, 0.25) is 5.91 Å². The number of hydrogen-bond acceptors (Lipinski definition) is 4. The molecular weight excluding hydrogens is 329 g/mol. The van der Waals surface area contributed by atoms with Crippen molar-refractivity contribution in [1.82, 2.24) is 10.4 Å². The van der Waals surface area contributed by atoms with Crippen LogP contribution in [0.4, 0.5) is 0 Å². The van der Waals surface area contributed by atoms with Gasteiger partial charge in [-0.1, -0.05) is 23.2 Å². The Bertz CT molecular complexity index is 697. The number of nitrogens with one attached hydrogen (secondary N) is 1. The first-order chi connectivity index (χ1) is 9.95. The molecule has 1 heterocycles. The number of hydrazone groups is 1. The van der Waals surface area contributed by atoms with Crippen LogP contribution in [0.25, 0.3) is 0 Å². The van der Waals surface area contributed by atoms with Crippen molar-refractivity contribution in [2.75, 3.05) is 0 Å². The van der Waals surface area contributed by atoms with Gasteiger partial charge in [-0.15, -0.1) is 11.3 Å². The number of amides is 1. The molecule has 0 unspecified atom stereocenters. The molecule has 4 nitrogen and oxygen atoms in total. The van der Waals surface area contributed by atoms with E-state index in [1.165, 1.54) is 11.3 Å². The Morgan fingerprint density at radius 3 is 2.86 bits per heavy atom. The Morgan fingerprint density at radius 1 is 1.43 bits per heavy atom. The third-order valence-corrected chi connectivity index (χ3v) is 4.18. The summed E-state index contributed by atoms with van der Waals surface area (Å²) in [5.74, 6) is -0.221. The SMILES string of the molecule is C/C(=N/NC(=O)Cc1nc(C)cs1)c1cc(Cl)ccc1Cl. The highest BCUT2D eigenvalue weighted by Gasteiger charge is 2.08. The molecule has 0 saturated carbocycles. The second-order valence-electron chi connectivity index (χ2n) is 4.42.